The third-order valence-corrected chi connectivity index (χ3v) is 6.17. The number of esters is 1. The van der Waals surface area contributed by atoms with Gasteiger partial charge in [-0.25, -0.2) is 9.59 Å². The largest absolute Gasteiger partial charge is 0.458 e. The molecule has 3 atom stereocenters. The number of alkyl carbamates (subject to hydrolysis) is 1. The van der Waals surface area contributed by atoms with Crippen LogP contribution in [-0.2, 0) is 30.3 Å². The Kier molecular flexibility index (Phi) is 12.4. The molecular weight excluding hydrogens is 566 g/mol. The maximum atomic E-state index is 14.1. The van der Waals surface area contributed by atoms with Crippen LogP contribution in [-0.4, -0.2) is 57.8 Å². The van der Waals surface area contributed by atoms with Crippen molar-refractivity contribution < 1.29 is 28.7 Å². The highest BCUT2D eigenvalue weighted by atomic mass is 32.1. The lowest BCUT2D eigenvalue weighted by molar-refractivity contribution is -0.159. The van der Waals surface area contributed by atoms with Gasteiger partial charge in [-0.3, -0.25) is 14.5 Å². The number of hydrogen-bond acceptors (Lipinski definition) is 7. The fraction of sp³-hybridized carbons (Fsp3) is 0.394. The summed E-state index contributed by atoms with van der Waals surface area (Å²) in [6.45, 7) is 14.0. The van der Waals surface area contributed by atoms with E-state index in [0.717, 1.165) is 10.5 Å². The van der Waals surface area contributed by atoms with E-state index in [1.165, 1.54) is 0 Å². The highest BCUT2D eigenvalue weighted by Crippen LogP contribution is 2.24. The van der Waals surface area contributed by atoms with E-state index in [2.05, 4.69) is 35.9 Å². The Morgan fingerprint density at radius 1 is 0.953 bits per heavy atom. The zero-order valence-electron chi connectivity index (χ0n) is 25.5. The molecule has 0 aliphatic rings. The van der Waals surface area contributed by atoms with Gasteiger partial charge in [-0.2, -0.15) is 12.6 Å². The minimum atomic E-state index is -1.39. The van der Waals surface area contributed by atoms with E-state index in [1.54, 1.807) is 71.9 Å². The van der Waals surface area contributed by atoms with E-state index < -0.39 is 53.2 Å². The van der Waals surface area contributed by atoms with Crippen LogP contribution < -0.4 is 10.6 Å². The fourth-order valence-electron chi connectivity index (χ4n) is 4.01. The third-order valence-electron chi connectivity index (χ3n) is 5.81. The molecule has 10 heteroatoms. The first-order valence-electron chi connectivity index (χ1n) is 13.8. The molecule has 0 aromatic heterocycles. The Hall–Kier alpha value is -4.23. The smallest absolute Gasteiger partial charge is 0.408 e. The minimum Gasteiger partial charge on any atom is -0.458 e. The number of hydrogen-bond donors (Lipinski definition) is 3. The monoisotopic (exact) mass is 607 g/mol. The third kappa shape index (κ3) is 11.2. The van der Waals surface area contributed by atoms with Gasteiger partial charge in [0.05, 0.1) is 0 Å². The summed E-state index contributed by atoms with van der Waals surface area (Å²) in [5, 5.41) is 5.24. The second kappa shape index (κ2) is 15.3. The number of nitrogens with one attached hydrogen (secondary N) is 2. The van der Waals surface area contributed by atoms with Gasteiger partial charge >= 0.3 is 12.1 Å². The van der Waals surface area contributed by atoms with Crippen LogP contribution in [0.4, 0.5) is 4.79 Å². The predicted octanol–water partition coefficient (Wildman–Crippen LogP) is 4.68. The van der Waals surface area contributed by atoms with E-state index in [0.29, 0.717) is 11.1 Å². The van der Waals surface area contributed by atoms with Gasteiger partial charge in [-0.15, -0.1) is 0 Å². The number of thiol groups is 1. The Bertz CT molecular complexity index is 1340. The van der Waals surface area contributed by atoms with Crippen LogP contribution in [0, 0.1) is 12.5 Å². The van der Waals surface area contributed by atoms with Crippen LogP contribution in [0.25, 0.3) is 6.08 Å². The lowest BCUT2D eigenvalue weighted by Crippen LogP contribution is -2.54. The Morgan fingerprint density at radius 3 is 2.12 bits per heavy atom. The zero-order chi connectivity index (χ0) is 32.4. The number of benzene rings is 2. The fourth-order valence-corrected chi connectivity index (χ4v) is 4.26. The first-order chi connectivity index (χ1) is 20.1. The van der Waals surface area contributed by atoms with Crippen LogP contribution in [0.3, 0.4) is 0 Å². The Labute approximate surface area is 259 Å². The average molecular weight is 608 g/mol. The second-order valence-corrected chi connectivity index (χ2v) is 12.1. The van der Waals surface area contributed by atoms with E-state index in [1.807, 2.05) is 30.3 Å². The standard InChI is InChI=1S/C33H41N3O6S/c1-9-22-17-14-18-24(19-22)27(36(10-2)29(38)26(21-43)35-31(40)42-33(6,7)8)28(37)34-25(30(39)41-32(3,4)5)20-23-15-12-11-13-16-23/h2,9,11-19,25-27,43H,1,20-21H2,3-8H3,(H,34,37)(H,35,40). The van der Waals surface area contributed by atoms with Gasteiger partial charge in [0.15, 0.2) is 0 Å². The molecule has 0 aliphatic carbocycles. The van der Waals surface area contributed by atoms with E-state index in [9.17, 15) is 19.2 Å². The number of terminal acetylenes is 1. The molecule has 0 bridgehead atoms. The van der Waals surface area contributed by atoms with Crippen LogP contribution in [0.1, 0.15) is 64.3 Å². The van der Waals surface area contributed by atoms with Crippen molar-refractivity contribution in [1.29, 1.82) is 0 Å². The normalized spacial score (nSPS) is 13.3. The number of ether oxygens (including phenoxy) is 2. The molecule has 2 N–H and O–H groups in total. The molecule has 2 aromatic carbocycles. The maximum Gasteiger partial charge on any atom is 0.408 e. The predicted molar refractivity (Wildman–Crippen MR) is 170 cm³/mol. The van der Waals surface area contributed by atoms with Crippen molar-refractivity contribution in [1.82, 2.24) is 15.5 Å². The molecular formula is C33H41N3O6S. The Balaban J connectivity index is 2.52. The van der Waals surface area contributed by atoms with E-state index >= 15 is 0 Å². The summed E-state index contributed by atoms with van der Waals surface area (Å²) in [7, 11) is 0. The molecule has 0 saturated heterocycles. The van der Waals surface area contributed by atoms with Crippen molar-refractivity contribution in [3.05, 3.63) is 77.9 Å². The Morgan fingerprint density at radius 2 is 1.58 bits per heavy atom. The number of carbonyl (C=O) groups excluding carboxylic acids is 4. The molecule has 43 heavy (non-hydrogen) atoms. The molecule has 230 valence electrons. The molecule has 0 aliphatic heterocycles. The van der Waals surface area contributed by atoms with Crippen LogP contribution in [0.2, 0.25) is 0 Å². The first-order valence-corrected chi connectivity index (χ1v) is 14.4. The van der Waals surface area contributed by atoms with Crippen molar-refractivity contribution in [2.45, 2.75) is 77.3 Å². The average Bonchev–Trinajstić information content (AvgIpc) is 2.92. The molecule has 9 nitrogen and oxygen atoms in total. The van der Waals surface area contributed by atoms with Crippen LogP contribution in [0.15, 0.2) is 61.2 Å². The first kappa shape index (κ1) is 35.0. The summed E-state index contributed by atoms with van der Waals surface area (Å²) in [5.41, 5.74) is 0.181. The van der Waals surface area contributed by atoms with Gasteiger partial charge in [0.2, 0.25) is 5.91 Å². The molecule has 0 radical (unpaired) electrons. The lowest BCUT2D eigenvalue weighted by Gasteiger charge is -2.31. The SMILES string of the molecule is C#CN(C(=O)C(CS)NC(=O)OC(C)(C)C)C(C(=O)NC(Cc1ccccc1)C(=O)OC(C)(C)C)c1cccc(C=C)c1. The summed E-state index contributed by atoms with van der Waals surface area (Å²) in [4.78, 5) is 54.5. The zero-order valence-corrected chi connectivity index (χ0v) is 26.4. The van der Waals surface area contributed by atoms with Crippen molar-refractivity contribution in [3.63, 3.8) is 0 Å². The summed E-state index contributed by atoms with van der Waals surface area (Å²) in [6.07, 6.45) is 6.70. The van der Waals surface area contributed by atoms with Gasteiger partial charge < -0.3 is 20.1 Å². The van der Waals surface area contributed by atoms with Crippen LogP contribution in [0.5, 0.6) is 0 Å². The highest BCUT2D eigenvalue weighted by Gasteiger charge is 2.38. The number of rotatable bonds is 11. The van der Waals surface area contributed by atoms with Crippen LogP contribution >= 0.6 is 12.6 Å². The van der Waals surface area contributed by atoms with Gasteiger partial charge in [0.1, 0.15) is 29.3 Å². The number of nitrogens with zero attached hydrogens (tertiary/aromatic N) is 1. The molecule has 0 spiro atoms. The van der Waals surface area contributed by atoms with Gasteiger partial charge in [-0.1, -0.05) is 67.6 Å². The maximum absolute atomic E-state index is 14.1. The molecule has 3 unspecified atom stereocenters. The number of amides is 3. The van der Waals surface area contributed by atoms with E-state index in [-0.39, 0.29) is 12.2 Å². The minimum absolute atomic E-state index is 0.129. The van der Waals surface area contributed by atoms with Crippen molar-refractivity contribution in [2.24, 2.45) is 0 Å². The van der Waals surface area contributed by atoms with Gasteiger partial charge in [0, 0.05) is 18.2 Å². The topological polar surface area (TPSA) is 114 Å². The van der Waals surface area contributed by atoms with Gasteiger partial charge in [-0.05, 0) is 64.3 Å². The van der Waals surface area contributed by atoms with Crippen molar-refractivity contribution in [2.75, 3.05) is 5.75 Å². The molecule has 0 saturated carbocycles. The number of carbonyl (C=O) groups is 4. The summed E-state index contributed by atoms with van der Waals surface area (Å²) < 4.78 is 10.9. The molecule has 0 heterocycles. The van der Waals surface area contributed by atoms with Crippen molar-refractivity contribution in [3.8, 4) is 12.5 Å². The summed E-state index contributed by atoms with van der Waals surface area (Å²) >= 11 is 4.23. The van der Waals surface area contributed by atoms with Crippen molar-refractivity contribution >= 4 is 42.6 Å². The summed E-state index contributed by atoms with van der Waals surface area (Å²) in [6, 6.07) is 14.5. The highest BCUT2D eigenvalue weighted by molar-refractivity contribution is 7.80. The lowest BCUT2D eigenvalue weighted by atomic mass is 9.99. The van der Waals surface area contributed by atoms with E-state index in [4.69, 9.17) is 15.9 Å². The quantitative estimate of drug-likeness (QED) is 0.148. The molecule has 3 amide bonds. The molecule has 0 fully saturated rings. The van der Waals surface area contributed by atoms with Gasteiger partial charge in [0.25, 0.3) is 5.91 Å². The molecule has 2 rings (SSSR count). The summed E-state index contributed by atoms with van der Waals surface area (Å²) in [5.74, 6) is -2.29. The second-order valence-electron chi connectivity index (χ2n) is 11.8. The molecule has 2 aromatic rings.